The predicted octanol–water partition coefficient (Wildman–Crippen LogP) is 0.610. The zero-order chi connectivity index (χ0) is 13.3. The third kappa shape index (κ3) is 2.17. The number of rotatable bonds is 2. The van der Waals surface area contributed by atoms with Gasteiger partial charge in [0.1, 0.15) is 22.1 Å². The summed E-state index contributed by atoms with van der Waals surface area (Å²) in [7, 11) is 0. The summed E-state index contributed by atoms with van der Waals surface area (Å²) in [6.45, 7) is 0.964. The van der Waals surface area contributed by atoms with Gasteiger partial charge in [0.05, 0.1) is 5.69 Å². The van der Waals surface area contributed by atoms with Gasteiger partial charge in [0, 0.05) is 19.0 Å². The maximum atomic E-state index is 11.9. The lowest BCUT2D eigenvalue weighted by Gasteiger charge is -2.18. The van der Waals surface area contributed by atoms with Crippen LogP contribution < -0.4 is 16.4 Å². The predicted molar refractivity (Wildman–Crippen MR) is 70.6 cm³/mol. The molecule has 1 aliphatic rings. The molecule has 2 rings (SSSR count). The summed E-state index contributed by atoms with van der Waals surface area (Å²) in [5.41, 5.74) is 12.0. The molecule has 0 radical (unpaired) electrons. The molecule has 4 N–H and O–H groups in total. The molecule has 6 nitrogen and oxygen atoms in total. The van der Waals surface area contributed by atoms with Crippen LogP contribution in [-0.2, 0) is 4.79 Å². The molecule has 94 valence electrons. The summed E-state index contributed by atoms with van der Waals surface area (Å²) in [5, 5.41) is 9.14. The van der Waals surface area contributed by atoms with Crippen LogP contribution in [0.2, 0.25) is 0 Å². The molecule has 0 aliphatic carbocycles. The standard InChI is InChI=1S/C11H12BrN5O/c12-11-7(4-14)8(2-9(15)16-11)17-5-6(3-13)1-10(17)18/h2,6H,1,3,5,13H2,(H2,15,16). The number of halogens is 1. The molecule has 1 aromatic heterocycles. The second-order valence-corrected chi connectivity index (χ2v) is 4.91. The topological polar surface area (TPSA) is 109 Å². The number of anilines is 2. The second-order valence-electron chi connectivity index (χ2n) is 4.15. The Morgan fingerprint density at radius 3 is 2.94 bits per heavy atom. The lowest BCUT2D eigenvalue weighted by Crippen LogP contribution is -2.27. The Kier molecular flexibility index (Phi) is 3.50. The van der Waals surface area contributed by atoms with Crippen LogP contribution in [0, 0.1) is 17.2 Å². The molecular weight excluding hydrogens is 298 g/mol. The van der Waals surface area contributed by atoms with Gasteiger partial charge in [0.15, 0.2) is 0 Å². The van der Waals surface area contributed by atoms with Crippen molar-refractivity contribution in [1.82, 2.24) is 4.98 Å². The van der Waals surface area contributed by atoms with Crippen LogP contribution in [0.4, 0.5) is 11.5 Å². The number of nitrogens with two attached hydrogens (primary N) is 2. The van der Waals surface area contributed by atoms with Gasteiger partial charge in [0.25, 0.3) is 0 Å². The number of aromatic nitrogens is 1. The zero-order valence-electron chi connectivity index (χ0n) is 9.56. The number of nitriles is 1. The molecule has 1 saturated heterocycles. The van der Waals surface area contributed by atoms with Crippen LogP contribution >= 0.6 is 15.9 Å². The highest BCUT2D eigenvalue weighted by Crippen LogP contribution is 2.32. The van der Waals surface area contributed by atoms with E-state index >= 15 is 0 Å². The van der Waals surface area contributed by atoms with Gasteiger partial charge in [-0.25, -0.2) is 4.98 Å². The average molecular weight is 310 g/mol. The van der Waals surface area contributed by atoms with Gasteiger partial charge >= 0.3 is 0 Å². The normalized spacial score (nSPS) is 19.1. The zero-order valence-corrected chi connectivity index (χ0v) is 11.1. The van der Waals surface area contributed by atoms with Gasteiger partial charge in [-0.2, -0.15) is 5.26 Å². The Morgan fingerprint density at radius 1 is 1.67 bits per heavy atom. The Hall–Kier alpha value is -1.65. The molecule has 0 bridgehead atoms. The number of amides is 1. The van der Waals surface area contributed by atoms with Crippen molar-refractivity contribution in [1.29, 1.82) is 5.26 Å². The summed E-state index contributed by atoms with van der Waals surface area (Å²) in [6, 6.07) is 3.57. The van der Waals surface area contributed by atoms with E-state index < -0.39 is 0 Å². The molecule has 1 amide bonds. The van der Waals surface area contributed by atoms with Crippen LogP contribution in [0.3, 0.4) is 0 Å². The van der Waals surface area contributed by atoms with E-state index in [9.17, 15) is 4.79 Å². The van der Waals surface area contributed by atoms with E-state index in [1.165, 1.54) is 0 Å². The number of carbonyl (C=O) groups excluding carboxylic acids is 1. The molecule has 0 aromatic carbocycles. The van der Waals surface area contributed by atoms with Crippen molar-refractivity contribution in [2.45, 2.75) is 6.42 Å². The monoisotopic (exact) mass is 309 g/mol. The van der Waals surface area contributed by atoms with Crippen molar-refractivity contribution >= 4 is 33.3 Å². The molecule has 0 spiro atoms. The number of nitrogen functional groups attached to an aromatic ring is 1. The molecule has 1 atom stereocenters. The molecule has 1 fully saturated rings. The van der Waals surface area contributed by atoms with Crippen LogP contribution in [0.15, 0.2) is 10.7 Å². The molecule has 2 heterocycles. The summed E-state index contributed by atoms with van der Waals surface area (Å²) in [4.78, 5) is 17.4. The van der Waals surface area contributed by atoms with Crippen molar-refractivity contribution in [3.8, 4) is 6.07 Å². The van der Waals surface area contributed by atoms with E-state index in [1.807, 2.05) is 6.07 Å². The molecule has 18 heavy (non-hydrogen) atoms. The lowest BCUT2D eigenvalue weighted by atomic mass is 10.1. The number of hydrogen-bond acceptors (Lipinski definition) is 5. The first-order valence-corrected chi connectivity index (χ1v) is 6.22. The first-order valence-electron chi connectivity index (χ1n) is 5.43. The SMILES string of the molecule is N#Cc1c(N2CC(CN)CC2=O)cc(N)nc1Br. The summed E-state index contributed by atoms with van der Waals surface area (Å²) in [5.74, 6) is 0.344. The van der Waals surface area contributed by atoms with Gasteiger partial charge in [0.2, 0.25) is 5.91 Å². The molecule has 1 aromatic rings. The van der Waals surface area contributed by atoms with E-state index in [4.69, 9.17) is 16.7 Å². The van der Waals surface area contributed by atoms with Crippen molar-refractivity contribution < 1.29 is 4.79 Å². The van der Waals surface area contributed by atoms with Crippen LogP contribution in [0.25, 0.3) is 0 Å². The summed E-state index contributed by atoms with van der Waals surface area (Å²) < 4.78 is 0.351. The first kappa shape index (κ1) is 12.8. The van der Waals surface area contributed by atoms with Gasteiger partial charge in [-0.1, -0.05) is 0 Å². The quantitative estimate of drug-likeness (QED) is 0.778. The lowest BCUT2D eigenvalue weighted by molar-refractivity contribution is -0.117. The number of pyridine rings is 1. The fraction of sp³-hybridized carbons (Fsp3) is 0.364. The highest BCUT2D eigenvalue weighted by molar-refractivity contribution is 9.10. The van der Waals surface area contributed by atoms with E-state index in [2.05, 4.69) is 20.9 Å². The molecule has 0 saturated carbocycles. The van der Waals surface area contributed by atoms with Crippen molar-refractivity contribution in [3.05, 3.63) is 16.2 Å². The molecule has 7 heteroatoms. The highest BCUT2D eigenvalue weighted by Gasteiger charge is 2.31. The van der Waals surface area contributed by atoms with Crippen molar-refractivity contribution in [2.24, 2.45) is 11.7 Å². The first-order chi connectivity index (χ1) is 8.56. The van der Waals surface area contributed by atoms with Crippen molar-refractivity contribution in [2.75, 3.05) is 23.7 Å². The number of nitrogens with zero attached hydrogens (tertiary/aromatic N) is 3. The summed E-state index contributed by atoms with van der Waals surface area (Å²) >= 11 is 3.18. The van der Waals surface area contributed by atoms with Gasteiger partial charge in [-0.15, -0.1) is 0 Å². The van der Waals surface area contributed by atoms with Gasteiger partial charge in [-0.3, -0.25) is 4.79 Å². The Bertz CT molecular complexity index is 539. The molecule has 1 unspecified atom stereocenters. The molecular formula is C11H12BrN5O. The smallest absolute Gasteiger partial charge is 0.227 e. The minimum Gasteiger partial charge on any atom is -0.384 e. The molecule has 1 aliphatic heterocycles. The van der Waals surface area contributed by atoms with E-state index in [0.717, 1.165) is 0 Å². The second kappa shape index (κ2) is 4.92. The Labute approximate surface area is 113 Å². The highest BCUT2D eigenvalue weighted by atomic mass is 79.9. The third-order valence-electron chi connectivity index (χ3n) is 2.92. The number of carbonyl (C=O) groups is 1. The van der Waals surface area contributed by atoms with Crippen LogP contribution in [0.5, 0.6) is 0 Å². The van der Waals surface area contributed by atoms with Gasteiger partial charge in [-0.05, 0) is 28.4 Å². The van der Waals surface area contributed by atoms with Crippen LogP contribution in [-0.4, -0.2) is 24.0 Å². The van der Waals surface area contributed by atoms with Crippen LogP contribution in [0.1, 0.15) is 12.0 Å². The Balaban J connectivity index is 2.46. The fourth-order valence-electron chi connectivity index (χ4n) is 2.01. The maximum Gasteiger partial charge on any atom is 0.227 e. The largest absolute Gasteiger partial charge is 0.384 e. The maximum absolute atomic E-state index is 11.9. The summed E-state index contributed by atoms with van der Waals surface area (Å²) in [6.07, 6.45) is 0.404. The Morgan fingerprint density at radius 2 is 2.39 bits per heavy atom. The van der Waals surface area contributed by atoms with E-state index in [-0.39, 0.29) is 17.6 Å². The van der Waals surface area contributed by atoms with Gasteiger partial charge < -0.3 is 16.4 Å². The third-order valence-corrected chi connectivity index (χ3v) is 3.49. The minimum absolute atomic E-state index is 0.0422. The average Bonchev–Trinajstić information content (AvgIpc) is 2.69. The van der Waals surface area contributed by atoms with E-state index in [0.29, 0.717) is 35.4 Å². The number of hydrogen-bond donors (Lipinski definition) is 2. The fourth-order valence-corrected chi connectivity index (χ4v) is 2.50. The van der Waals surface area contributed by atoms with Crippen molar-refractivity contribution in [3.63, 3.8) is 0 Å². The minimum atomic E-state index is -0.0422. The van der Waals surface area contributed by atoms with E-state index in [1.54, 1.807) is 11.0 Å².